The average Bonchev–Trinajstić information content (AvgIpc) is 2.88. The van der Waals surface area contributed by atoms with E-state index in [2.05, 4.69) is 59.2 Å². The first-order valence-corrected chi connectivity index (χ1v) is 12.9. The zero-order chi connectivity index (χ0) is 23.3. The molecule has 2 aromatic rings. The van der Waals surface area contributed by atoms with E-state index in [0.29, 0.717) is 12.3 Å². The van der Waals surface area contributed by atoms with Crippen LogP contribution in [0.15, 0.2) is 65.9 Å². The van der Waals surface area contributed by atoms with Crippen molar-refractivity contribution in [3.05, 3.63) is 82.6 Å². The third-order valence-electron chi connectivity index (χ3n) is 7.64. The number of benzene rings is 2. The molecule has 4 nitrogen and oxygen atoms in total. The molecule has 5 rings (SSSR count). The minimum Gasteiger partial charge on any atom is -0.497 e. The second-order valence-corrected chi connectivity index (χ2v) is 9.97. The van der Waals surface area contributed by atoms with Gasteiger partial charge in [0.25, 0.3) is 0 Å². The highest BCUT2D eigenvalue weighted by molar-refractivity contribution is 5.83. The number of carbonyl (C=O) groups excluding carboxylic acids is 1. The maximum absolute atomic E-state index is 13.0. The van der Waals surface area contributed by atoms with Gasteiger partial charge in [-0.3, -0.25) is 4.79 Å². The largest absolute Gasteiger partial charge is 0.497 e. The number of aryl methyl sites for hydroxylation is 2. The molecule has 0 bridgehead atoms. The number of fused-ring (bicyclic) bond motifs is 2. The number of carbonyl (C=O) groups is 1. The molecule has 0 aromatic heterocycles. The van der Waals surface area contributed by atoms with E-state index in [1.54, 1.807) is 7.11 Å². The standard InChI is InChI=1S/C30H36N2O2/c1-34-25-15-16-26-23(19-25)14-17-28-27(26)20-24(13-12-21-8-4-2-5-9-21)30(31-28)32-29(33)18-22-10-6-3-7-11-22/h2,4-5,8-9,15-16,19-20,22,30-31H,3,6-7,10-14,17-18H2,1H3,(H,32,33). The van der Waals surface area contributed by atoms with Crippen molar-refractivity contribution < 1.29 is 9.53 Å². The Bertz CT molecular complexity index is 1080. The van der Waals surface area contributed by atoms with E-state index in [1.165, 1.54) is 65.6 Å². The molecule has 1 heterocycles. The average molecular weight is 457 g/mol. The Kier molecular flexibility index (Phi) is 7.03. The predicted molar refractivity (Wildman–Crippen MR) is 137 cm³/mol. The second-order valence-electron chi connectivity index (χ2n) is 9.97. The summed E-state index contributed by atoms with van der Waals surface area (Å²) in [5.41, 5.74) is 7.69. The van der Waals surface area contributed by atoms with Gasteiger partial charge in [-0.2, -0.15) is 0 Å². The Hall–Kier alpha value is -3.01. The van der Waals surface area contributed by atoms with E-state index >= 15 is 0 Å². The Morgan fingerprint density at radius 1 is 1.03 bits per heavy atom. The zero-order valence-electron chi connectivity index (χ0n) is 20.2. The van der Waals surface area contributed by atoms with E-state index in [1.807, 2.05) is 6.07 Å². The van der Waals surface area contributed by atoms with Crippen molar-refractivity contribution in [1.29, 1.82) is 0 Å². The molecule has 3 aliphatic rings. The monoisotopic (exact) mass is 456 g/mol. The fourth-order valence-corrected chi connectivity index (χ4v) is 5.73. The molecule has 1 unspecified atom stereocenters. The summed E-state index contributed by atoms with van der Waals surface area (Å²) in [6.45, 7) is 0. The number of rotatable bonds is 7. The van der Waals surface area contributed by atoms with Gasteiger partial charge in [0.05, 0.1) is 7.11 Å². The van der Waals surface area contributed by atoms with Crippen LogP contribution in [0.4, 0.5) is 0 Å². The van der Waals surface area contributed by atoms with Gasteiger partial charge in [-0.25, -0.2) is 0 Å². The maximum atomic E-state index is 13.0. The molecule has 1 atom stereocenters. The number of nitrogens with one attached hydrogen (secondary N) is 2. The van der Waals surface area contributed by atoms with E-state index in [0.717, 1.165) is 31.4 Å². The predicted octanol–water partition coefficient (Wildman–Crippen LogP) is 5.93. The van der Waals surface area contributed by atoms with Gasteiger partial charge in [-0.05, 0) is 84.9 Å². The maximum Gasteiger partial charge on any atom is 0.222 e. The van der Waals surface area contributed by atoms with Gasteiger partial charge in [-0.1, -0.05) is 55.7 Å². The smallest absolute Gasteiger partial charge is 0.222 e. The summed E-state index contributed by atoms with van der Waals surface area (Å²) in [7, 11) is 1.72. The SMILES string of the molecule is COc1ccc2c(c1)CCC1=C2C=C(CCc2ccccc2)C(NC(=O)CC2CCCCC2)N1. The summed E-state index contributed by atoms with van der Waals surface area (Å²) in [6.07, 6.45) is 12.9. The normalized spacial score (nSPS) is 20.0. The molecule has 1 amide bonds. The lowest BCUT2D eigenvalue weighted by Gasteiger charge is -2.34. The highest BCUT2D eigenvalue weighted by atomic mass is 16.5. The highest BCUT2D eigenvalue weighted by Crippen LogP contribution is 2.37. The van der Waals surface area contributed by atoms with Crippen LogP contribution in [0, 0.1) is 5.92 Å². The lowest BCUT2D eigenvalue weighted by atomic mass is 9.84. The first kappa shape index (κ1) is 22.8. The van der Waals surface area contributed by atoms with Crippen molar-refractivity contribution in [2.24, 2.45) is 5.92 Å². The van der Waals surface area contributed by atoms with Gasteiger partial charge >= 0.3 is 0 Å². The lowest BCUT2D eigenvalue weighted by molar-refractivity contribution is -0.122. The molecule has 0 radical (unpaired) electrons. The molecule has 0 spiro atoms. The molecular formula is C30H36N2O2. The van der Waals surface area contributed by atoms with Gasteiger partial charge in [0.15, 0.2) is 0 Å². The number of dihydropyridines is 1. The van der Waals surface area contributed by atoms with Gasteiger partial charge in [0.1, 0.15) is 11.9 Å². The van der Waals surface area contributed by atoms with Crippen LogP contribution in [-0.4, -0.2) is 19.2 Å². The van der Waals surface area contributed by atoms with Crippen LogP contribution >= 0.6 is 0 Å². The third kappa shape index (κ3) is 5.22. The number of ether oxygens (including phenoxy) is 1. The Morgan fingerprint density at radius 3 is 2.65 bits per heavy atom. The van der Waals surface area contributed by atoms with Gasteiger partial charge in [-0.15, -0.1) is 0 Å². The van der Waals surface area contributed by atoms with Crippen LogP contribution in [0.5, 0.6) is 5.75 Å². The Morgan fingerprint density at radius 2 is 1.85 bits per heavy atom. The first-order chi connectivity index (χ1) is 16.7. The van der Waals surface area contributed by atoms with Crippen molar-refractivity contribution in [3.63, 3.8) is 0 Å². The van der Waals surface area contributed by atoms with Crippen molar-refractivity contribution in [1.82, 2.24) is 10.6 Å². The topological polar surface area (TPSA) is 50.4 Å². The van der Waals surface area contributed by atoms with Gasteiger partial charge in [0, 0.05) is 17.7 Å². The fraction of sp³-hybridized carbons (Fsp3) is 0.433. The minimum atomic E-state index is -0.127. The van der Waals surface area contributed by atoms with Crippen LogP contribution in [0.1, 0.15) is 68.1 Å². The lowest BCUT2D eigenvalue weighted by Crippen LogP contribution is -2.48. The minimum absolute atomic E-state index is 0.127. The van der Waals surface area contributed by atoms with E-state index < -0.39 is 0 Å². The summed E-state index contributed by atoms with van der Waals surface area (Å²) in [5, 5.41) is 7.08. The molecule has 4 heteroatoms. The molecule has 1 saturated carbocycles. The van der Waals surface area contributed by atoms with Crippen molar-refractivity contribution in [3.8, 4) is 5.75 Å². The molecule has 2 aromatic carbocycles. The van der Waals surface area contributed by atoms with Crippen LogP contribution in [-0.2, 0) is 17.6 Å². The number of hydrogen-bond donors (Lipinski definition) is 2. The first-order valence-electron chi connectivity index (χ1n) is 12.9. The molecule has 178 valence electrons. The highest BCUT2D eigenvalue weighted by Gasteiger charge is 2.28. The van der Waals surface area contributed by atoms with Gasteiger partial charge < -0.3 is 15.4 Å². The molecule has 1 aliphatic heterocycles. The van der Waals surface area contributed by atoms with E-state index in [9.17, 15) is 4.79 Å². The van der Waals surface area contributed by atoms with Crippen molar-refractivity contribution in [2.45, 2.75) is 70.4 Å². The van der Waals surface area contributed by atoms with E-state index in [4.69, 9.17) is 4.74 Å². The quantitative estimate of drug-likeness (QED) is 0.543. The Balaban J connectivity index is 1.37. The summed E-state index contributed by atoms with van der Waals surface area (Å²) in [6, 6.07) is 17.0. The van der Waals surface area contributed by atoms with Crippen molar-refractivity contribution in [2.75, 3.05) is 7.11 Å². The number of allylic oxidation sites excluding steroid dienone is 3. The molecule has 1 fully saturated rings. The second kappa shape index (κ2) is 10.5. The third-order valence-corrected chi connectivity index (χ3v) is 7.64. The van der Waals surface area contributed by atoms with E-state index in [-0.39, 0.29) is 12.1 Å². The van der Waals surface area contributed by atoms with Crippen LogP contribution in [0.3, 0.4) is 0 Å². The number of amides is 1. The van der Waals surface area contributed by atoms with Crippen LogP contribution in [0.2, 0.25) is 0 Å². The fourth-order valence-electron chi connectivity index (χ4n) is 5.73. The van der Waals surface area contributed by atoms with Gasteiger partial charge in [0.2, 0.25) is 5.91 Å². The molecular weight excluding hydrogens is 420 g/mol. The molecule has 34 heavy (non-hydrogen) atoms. The number of methoxy groups -OCH3 is 1. The van der Waals surface area contributed by atoms with Crippen LogP contribution in [0.25, 0.3) is 5.57 Å². The molecule has 2 aliphatic carbocycles. The summed E-state index contributed by atoms with van der Waals surface area (Å²) in [5.74, 6) is 1.63. The molecule has 0 saturated heterocycles. The molecule has 2 N–H and O–H groups in total. The zero-order valence-corrected chi connectivity index (χ0v) is 20.2. The summed E-state index contributed by atoms with van der Waals surface area (Å²) in [4.78, 5) is 13.0. The Labute approximate surface area is 203 Å². The summed E-state index contributed by atoms with van der Waals surface area (Å²) >= 11 is 0. The van der Waals surface area contributed by atoms with Crippen LogP contribution < -0.4 is 15.4 Å². The van der Waals surface area contributed by atoms with Crippen molar-refractivity contribution >= 4 is 11.5 Å². The number of hydrogen-bond acceptors (Lipinski definition) is 3. The summed E-state index contributed by atoms with van der Waals surface area (Å²) < 4.78 is 5.45.